The van der Waals surface area contributed by atoms with E-state index in [0.717, 1.165) is 4.90 Å². The van der Waals surface area contributed by atoms with Crippen molar-refractivity contribution in [1.29, 1.82) is 0 Å². The summed E-state index contributed by atoms with van der Waals surface area (Å²) in [5.74, 6) is -1.63. The number of carbonyl (C=O) groups excluding carboxylic acids is 4. The molecule has 98 valence electrons. The number of carbonyl (C=O) groups is 4. The molecule has 1 aromatic rings. The summed E-state index contributed by atoms with van der Waals surface area (Å²) in [7, 11) is 0. The minimum atomic E-state index is -1.25. The molecule has 0 aromatic heterocycles. The fraction of sp³-hybridized carbons (Fsp3) is 0.167. The summed E-state index contributed by atoms with van der Waals surface area (Å²) < 4.78 is 0. The molecule has 6 nitrogen and oxygen atoms in total. The molecule has 2 rings (SSSR count). The van der Waals surface area contributed by atoms with Gasteiger partial charge in [-0.1, -0.05) is 18.2 Å². The van der Waals surface area contributed by atoms with Gasteiger partial charge in [0, 0.05) is 18.7 Å². The molecule has 1 aliphatic rings. The Balaban J connectivity index is 2.17. The van der Waals surface area contributed by atoms with E-state index in [4.69, 9.17) is 11.6 Å². The minimum absolute atomic E-state index is 0.0330. The number of benzene rings is 1. The van der Waals surface area contributed by atoms with Crippen molar-refractivity contribution in [3.63, 3.8) is 0 Å². The molecule has 1 fully saturated rings. The molecule has 0 bridgehead atoms. The minimum Gasteiger partial charge on any atom is -0.270 e. The molecule has 1 saturated heterocycles. The van der Waals surface area contributed by atoms with Crippen LogP contribution in [0.5, 0.6) is 0 Å². The Labute approximate surface area is 113 Å². The summed E-state index contributed by atoms with van der Waals surface area (Å²) in [4.78, 5) is 47.6. The van der Waals surface area contributed by atoms with Gasteiger partial charge in [-0.15, -0.1) is 0 Å². The van der Waals surface area contributed by atoms with E-state index in [0.29, 0.717) is 10.5 Å². The predicted octanol–water partition coefficient (Wildman–Crippen LogP) is 0.856. The molecule has 0 atom stereocenters. The third-order valence-electron chi connectivity index (χ3n) is 2.69. The molecule has 1 aromatic carbocycles. The highest BCUT2D eigenvalue weighted by Crippen LogP contribution is 2.14. The van der Waals surface area contributed by atoms with Crippen LogP contribution >= 0.6 is 11.6 Å². The number of halogens is 1. The van der Waals surface area contributed by atoms with Crippen LogP contribution in [0.3, 0.4) is 0 Å². The molecule has 0 unspecified atom stereocenters. The summed E-state index contributed by atoms with van der Waals surface area (Å²) >= 11 is 5.03. The van der Waals surface area contributed by atoms with Gasteiger partial charge in [0.1, 0.15) is 0 Å². The molecule has 4 amide bonds. The van der Waals surface area contributed by atoms with Crippen LogP contribution < -0.4 is 0 Å². The second-order valence-electron chi connectivity index (χ2n) is 3.84. The Morgan fingerprint density at radius 3 is 2.16 bits per heavy atom. The molecule has 0 spiro atoms. The van der Waals surface area contributed by atoms with Gasteiger partial charge in [0.05, 0.1) is 0 Å². The Hall–Kier alpha value is -2.21. The van der Waals surface area contributed by atoms with E-state index in [9.17, 15) is 19.2 Å². The van der Waals surface area contributed by atoms with Crippen LogP contribution in [0.2, 0.25) is 0 Å². The predicted molar refractivity (Wildman–Crippen MR) is 65.4 cm³/mol. The number of urea groups is 1. The van der Waals surface area contributed by atoms with Gasteiger partial charge < -0.3 is 0 Å². The summed E-state index contributed by atoms with van der Waals surface area (Å²) in [6, 6.07) is 7.37. The lowest BCUT2D eigenvalue weighted by molar-refractivity contribution is -0.138. The monoisotopic (exact) mass is 280 g/mol. The fourth-order valence-corrected chi connectivity index (χ4v) is 1.86. The third kappa shape index (κ3) is 2.48. The van der Waals surface area contributed by atoms with Crippen molar-refractivity contribution in [3.8, 4) is 0 Å². The van der Waals surface area contributed by atoms with Crippen molar-refractivity contribution in [2.75, 3.05) is 13.1 Å². The number of hydrogen-bond donors (Lipinski definition) is 0. The molecule has 0 N–H and O–H groups in total. The highest BCUT2D eigenvalue weighted by Gasteiger charge is 2.38. The van der Waals surface area contributed by atoms with E-state index in [-0.39, 0.29) is 13.1 Å². The molecule has 1 heterocycles. The number of hydrogen-bond acceptors (Lipinski definition) is 4. The first-order valence-corrected chi connectivity index (χ1v) is 5.82. The van der Waals surface area contributed by atoms with Gasteiger partial charge >= 0.3 is 17.2 Å². The standard InChI is InChI=1S/C12H9ClN2O4/c13-9(16)11(18)15-7-6-14(12(15)19)10(17)8-4-2-1-3-5-8/h1-5H,6-7H2. The summed E-state index contributed by atoms with van der Waals surface area (Å²) in [5, 5.41) is -1.25. The van der Waals surface area contributed by atoms with Crippen molar-refractivity contribution >= 4 is 34.7 Å². The maximum atomic E-state index is 12.0. The van der Waals surface area contributed by atoms with Crippen molar-refractivity contribution in [1.82, 2.24) is 9.80 Å². The first-order valence-electron chi connectivity index (χ1n) is 5.44. The quantitative estimate of drug-likeness (QED) is 0.595. The average molecular weight is 281 g/mol. The van der Waals surface area contributed by atoms with Crippen molar-refractivity contribution in [2.45, 2.75) is 0 Å². The fourth-order valence-electron chi connectivity index (χ4n) is 1.76. The lowest BCUT2D eigenvalue weighted by Gasteiger charge is -2.14. The first-order chi connectivity index (χ1) is 9.02. The molecule has 0 saturated carbocycles. The highest BCUT2D eigenvalue weighted by molar-refractivity contribution is 6.81. The van der Waals surface area contributed by atoms with Crippen LogP contribution in [-0.2, 0) is 9.59 Å². The molecule has 7 heteroatoms. The van der Waals surface area contributed by atoms with Gasteiger partial charge in [-0.05, 0) is 23.7 Å². The maximum absolute atomic E-state index is 12.0. The van der Waals surface area contributed by atoms with E-state index in [2.05, 4.69) is 0 Å². The zero-order valence-electron chi connectivity index (χ0n) is 9.71. The highest BCUT2D eigenvalue weighted by atomic mass is 35.5. The van der Waals surface area contributed by atoms with Gasteiger partial charge in [0.25, 0.3) is 5.91 Å². The zero-order chi connectivity index (χ0) is 14.0. The lowest BCUT2D eigenvalue weighted by atomic mass is 10.2. The number of amides is 4. The van der Waals surface area contributed by atoms with Crippen LogP contribution in [0.15, 0.2) is 30.3 Å². The van der Waals surface area contributed by atoms with Gasteiger partial charge in [0.15, 0.2) is 0 Å². The molecule has 19 heavy (non-hydrogen) atoms. The second-order valence-corrected chi connectivity index (χ2v) is 4.18. The van der Waals surface area contributed by atoms with Crippen molar-refractivity contribution < 1.29 is 19.2 Å². The van der Waals surface area contributed by atoms with E-state index in [1.54, 1.807) is 30.3 Å². The van der Waals surface area contributed by atoms with Gasteiger partial charge in [-0.25, -0.2) is 4.79 Å². The van der Waals surface area contributed by atoms with Crippen LogP contribution in [0.1, 0.15) is 10.4 Å². The largest absolute Gasteiger partial charge is 0.334 e. The average Bonchev–Trinajstić information content (AvgIpc) is 2.79. The van der Waals surface area contributed by atoms with Crippen LogP contribution in [0.25, 0.3) is 0 Å². The Bertz CT molecular complexity index is 558. The van der Waals surface area contributed by atoms with Gasteiger partial charge in [0.2, 0.25) is 0 Å². The number of nitrogens with zero attached hydrogens (tertiary/aromatic N) is 2. The molecular weight excluding hydrogens is 272 g/mol. The first kappa shape index (κ1) is 13.2. The number of rotatable bonds is 2. The third-order valence-corrected chi connectivity index (χ3v) is 2.85. The topological polar surface area (TPSA) is 74.8 Å². The van der Waals surface area contributed by atoms with Crippen molar-refractivity contribution in [2.24, 2.45) is 0 Å². The Morgan fingerprint density at radius 1 is 1.00 bits per heavy atom. The molecule has 0 aliphatic carbocycles. The lowest BCUT2D eigenvalue weighted by Crippen LogP contribution is -2.40. The second kappa shape index (κ2) is 5.19. The van der Waals surface area contributed by atoms with Crippen molar-refractivity contribution in [3.05, 3.63) is 35.9 Å². The van der Waals surface area contributed by atoms with E-state index in [1.807, 2.05) is 0 Å². The van der Waals surface area contributed by atoms with Gasteiger partial charge in [-0.3, -0.25) is 24.2 Å². The van der Waals surface area contributed by atoms with E-state index >= 15 is 0 Å². The van der Waals surface area contributed by atoms with Crippen LogP contribution in [0.4, 0.5) is 4.79 Å². The van der Waals surface area contributed by atoms with Crippen LogP contribution in [0, 0.1) is 0 Å². The molecule has 0 radical (unpaired) electrons. The Morgan fingerprint density at radius 2 is 1.58 bits per heavy atom. The molecular formula is C12H9ClN2O4. The van der Waals surface area contributed by atoms with E-state index in [1.165, 1.54) is 0 Å². The normalized spacial score (nSPS) is 14.7. The summed E-state index contributed by atoms with van der Waals surface area (Å²) in [5.41, 5.74) is 0.336. The smallest absolute Gasteiger partial charge is 0.270 e. The zero-order valence-corrected chi connectivity index (χ0v) is 10.5. The summed E-state index contributed by atoms with van der Waals surface area (Å²) in [6.07, 6.45) is 0. The molecule has 1 aliphatic heterocycles. The Kier molecular flexibility index (Phi) is 3.62. The van der Waals surface area contributed by atoms with Crippen LogP contribution in [-0.4, -0.2) is 46.0 Å². The maximum Gasteiger partial charge on any atom is 0.334 e. The summed E-state index contributed by atoms with van der Waals surface area (Å²) in [6.45, 7) is 0.0111. The van der Waals surface area contributed by atoms with E-state index < -0.39 is 23.1 Å². The van der Waals surface area contributed by atoms with Gasteiger partial charge in [-0.2, -0.15) is 0 Å². The SMILES string of the molecule is O=C(Cl)C(=O)N1CCN(C(=O)c2ccccc2)C1=O. The number of imide groups is 2.